The van der Waals surface area contributed by atoms with Crippen molar-refractivity contribution in [3.8, 4) is 22.9 Å². The highest BCUT2D eigenvalue weighted by Gasteiger charge is 2.09. The van der Waals surface area contributed by atoms with Crippen LogP contribution in [-0.2, 0) is 0 Å². The monoisotopic (exact) mass is 227 g/mol. The number of aromatic amines is 1. The van der Waals surface area contributed by atoms with Crippen molar-refractivity contribution in [3.63, 3.8) is 0 Å². The lowest BCUT2D eigenvalue weighted by molar-refractivity contribution is 0.415. The Morgan fingerprint density at radius 1 is 1.47 bits per heavy atom. The molecule has 1 N–H and O–H groups in total. The summed E-state index contributed by atoms with van der Waals surface area (Å²) in [6, 6.07) is 8.99. The van der Waals surface area contributed by atoms with E-state index >= 15 is 0 Å². The first-order valence-electron chi connectivity index (χ1n) is 4.88. The molecular formula is C12H9N3O2. The summed E-state index contributed by atoms with van der Waals surface area (Å²) in [7, 11) is 1.56. The summed E-state index contributed by atoms with van der Waals surface area (Å²) in [5.74, 6) is 0.659. The Bertz CT molecular complexity index is 641. The van der Waals surface area contributed by atoms with Crippen molar-refractivity contribution in [1.82, 2.24) is 10.2 Å². The van der Waals surface area contributed by atoms with E-state index in [1.807, 2.05) is 6.07 Å². The van der Waals surface area contributed by atoms with Crippen LogP contribution in [0.5, 0.6) is 5.75 Å². The van der Waals surface area contributed by atoms with Crippen molar-refractivity contribution in [1.29, 1.82) is 5.26 Å². The standard InChI is InChI=1S/C12H9N3O2/c1-17-9-4-2-3-8(5-9)11-7-14-15-12(16)10(11)6-13/h2-5,7H,1H3,(H,15,16). The molecule has 1 heterocycles. The van der Waals surface area contributed by atoms with Crippen LogP contribution >= 0.6 is 0 Å². The van der Waals surface area contributed by atoms with Crippen LogP contribution in [0.15, 0.2) is 35.3 Å². The SMILES string of the molecule is COc1cccc(-c2cn[nH]c(=O)c2C#N)c1. The molecule has 5 heteroatoms. The fraction of sp³-hybridized carbons (Fsp3) is 0.0833. The van der Waals surface area contributed by atoms with Crippen LogP contribution in [0.3, 0.4) is 0 Å². The maximum atomic E-state index is 11.4. The second-order valence-corrected chi connectivity index (χ2v) is 3.33. The average Bonchev–Trinajstić information content (AvgIpc) is 2.38. The van der Waals surface area contributed by atoms with Crippen LogP contribution in [0.2, 0.25) is 0 Å². The number of methoxy groups -OCH3 is 1. The van der Waals surface area contributed by atoms with Crippen LogP contribution in [0.25, 0.3) is 11.1 Å². The molecule has 0 aliphatic heterocycles. The van der Waals surface area contributed by atoms with Crippen molar-refractivity contribution in [2.24, 2.45) is 0 Å². The zero-order chi connectivity index (χ0) is 12.3. The summed E-state index contributed by atoms with van der Waals surface area (Å²) < 4.78 is 5.09. The molecule has 0 unspecified atom stereocenters. The van der Waals surface area contributed by atoms with Crippen LogP contribution in [-0.4, -0.2) is 17.3 Å². The molecule has 1 aromatic carbocycles. The largest absolute Gasteiger partial charge is 0.497 e. The van der Waals surface area contributed by atoms with Crippen LogP contribution in [0.1, 0.15) is 5.56 Å². The van der Waals surface area contributed by atoms with Gasteiger partial charge in [-0.05, 0) is 17.7 Å². The van der Waals surface area contributed by atoms with Gasteiger partial charge in [0.1, 0.15) is 17.4 Å². The summed E-state index contributed by atoms with van der Waals surface area (Å²) in [4.78, 5) is 11.4. The minimum Gasteiger partial charge on any atom is -0.497 e. The molecule has 84 valence electrons. The van der Waals surface area contributed by atoms with Gasteiger partial charge in [-0.3, -0.25) is 4.79 Å². The third-order valence-electron chi connectivity index (χ3n) is 2.35. The highest BCUT2D eigenvalue weighted by atomic mass is 16.5. The number of ether oxygens (including phenoxy) is 1. The zero-order valence-electron chi connectivity index (χ0n) is 9.10. The molecule has 0 spiro atoms. The lowest BCUT2D eigenvalue weighted by atomic mass is 10.0. The molecule has 0 bridgehead atoms. The van der Waals surface area contributed by atoms with Gasteiger partial charge in [-0.2, -0.15) is 10.4 Å². The smallest absolute Gasteiger partial charge is 0.282 e. The molecular weight excluding hydrogens is 218 g/mol. The Labute approximate surface area is 97.3 Å². The Morgan fingerprint density at radius 2 is 2.29 bits per heavy atom. The molecule has 2 aromatic rings. The Morgan fingerprint density at radius 3 is 3.00 bits per heavy atom. The second kappa shape index (κ2) is 4.49. The molecule has 0 radical (unpaired) electrons. The molecule has 17 heavy (non-hydrogen) atoms. The van der Waals surface area contributed by atoms with E-state index in [2.05, 4.69) is 10.2 Å². The van der Waals surface area contributed by atoms with Gasteiger partial charge in [0.2, 0.25) is 0 Å². The predicted octanol–water partition coefficient (Wildman–Crippen LogP) is 1.32. The van der Waals surface area contributed by atoms with E-state index < -0.39 is 5.56 Å². The van der Waals surface area contributed by atoms with Gasteiger partial charge in [0, 0.05) is 5.56 Å². The van der Waals surface area contributed by atoms with Gasteiger partial charge >= 0.3 is 0 Å². The van der Waals surface area contributed by atoms with E-state index in [4.69, 9.17) is 10.00 Å². The molecule has 0 fully saturated rings. The maximum absolute atomic E-state index is 11.4. The quantitative estimate of drug-likeness (QED) is 0.839. The zero-order valence-corrected chi connectivity index (χ0v) is 9.10. The number of hydrogen-bond acceptors (Lipinski definition) is 4. The highest BCUT2D eigenvalue weighted by Crippen LogP contribution is 2.24. The minimum atomic E-state index is -0.493. The van der Waals surface area contributed by atoms with Gasteiger partial charge in [-0.15, -0.1) is 0 Å². The van der Waals surface area contributed by atoms with E-state index in [1.165, 1.54) is 6.20 Å². The van der Waals surface area contributed by atoms with Crippen molar-refractivity contribution < 1.29 is 4.74 Å². The first-order chi connectivity index (χ1) is 8.26. The topological polar surface area (TPSA) is 78.8 Å². The number of nitrogens with one attached hydrogen (secondary N) is 1. The van der Waals surface area contributed by atoms with Gasteiger partial charge < -0.3 is 4.74 Å². The summed E-state index contributed by atoms with van der Waals surface area (Å²) >= 11 is 0. The average molecular weight is 227 g/mol. The summed E-state index contributed by atoms with van der Waals surface area (Å²) in [6.07, 6.45) is 1.45. The van der Waals surface area contributed by atoms with Crippen LogP contribution in [0, 0.1) is 11.3 Å². The van der Waals surface area contributed by atoms with E-state index in [-0.39, 0.29) is 5.56 Å². The molecule has 1 aromatic heterocycles. The van der Waals surface area contributed by atoms with Crippen molar-refractivity contribution >= 4 is 0 Å². The number of aromatic nitrogens is 2. The van der Waals surface area contributed by atoms with Gasteiger partial charge in [0.25, 0.3) is 5.56 Å². The number of nitriles is 1. The van der Waals surface area contributed by atoms with E-state index in [1.54, 1.807) is 31.4 Å². The van der Waals surface area contributed by atoms with Crippen molar-refractivity contribution in [3.05, 3.63) is 46.4 Å². The molecule has 0 aliphatic carbocycles. The third-order valence-corrected chi connectivity index (χ3v) is 2.35. The van der Waals surface area contributed by atoms with Crippen molar-refractivity contribution in [2.45, 2.75) is 0 Å². The molecule has 0 aliphatic rings. The number of hydrogen-bond donors (Lipinski definition) is 1. The number of benzene rings is 1. The summed E-state index contributed by atoms with van der Waals surface area (Å²) in [5, 5.41) is 14.9. The molecule has 0 amide bonds. The maximum Gasteiger partial charge on any atom is 0.282 e. The third kappa shape index (κ3) is 2.01. The van der Waals surface area contributed by atoms with Gasteiger partial charge in [0.15, 0.2) is 0 Å². The fourth-order valence-electron chi connectivity index (χ4n) is 1.52. The minimum absolute atomic E-state index is 0.0493. The second-order valence-electron chi connectivity index (χ2n) is 3.33. The van der Waals surface area contributed by atoms with Gasteiger partial charge in [-0.1, -0.05) is 12.1 Å². The number of H-pyrrole nitrogens is 1. The van der Waals surface area contributed by atoms with Gasteiger partial charge in [-0.25, -0.2) is 5.10 Å². The Balaban J connectivity index is 2.65. The van der Waals surface area contributed by atoms with E-state index in [0.717, 1.165) is 5.56 Å². The fourth-order valence-corrected chi connectivity index (χ4v) is 1.52. The number of rotatable bonds is 2. The molecule has 2 rings (SSSR count). The lowest BCUT2D eigenvalue weighted by Crippen LogP contribution is -2.12. The first-order valence-corrected chi connectivity index (χ1v) is 4.88. The Kier molecular flexibility index (Phi) is 2.88. The Hall–Kier alpha value is -2.61. The molecule has 5 nitrogen and oxygen atoms in total. The van der Waals surface area contributed by atoms with E-state index in [0.29, 0.717) is 11.3 Å². The molecule has 0 atom stereocenters. The van der Waals surface area contributed by atoms with Crippen LogP contribution in [0.4, 0.5) is 0 Å². The van der Waals surface area contributed by atoms with Crippen molar-refractivity contribution in [2.75, 3.05) is 7.11 Å². The summed E-state index contributed by atoms with van der Waals surface area (Å²) in [5.41, 5.74) is 0.774. The van der Waals surface area contributed by atoms with E-state index in [9.17, 15) is 4.79 Å². The predicted molar refractivity (Wildman–Crippen MR) is 61.6 cm³/mol. The highest BCUT2D eigenvalue weighted by molar-refractivity contribution is 5.70. The summed E-state index contributed by atoms with van der Waals surface area (Å²) in [6.45, 7) is 0. The first kappa shape index (κ1) is 10.9. The normalized spacial score (nSPS) is 9.65. The number of nitrogens with zero attached hydrogens (tertiary/aromatic N) is 2. The lowest BCUT2D eigenvalue weighted by Gasteiger charge is -2.04. The van der Waals surface area contributed by atoms with Gasteiger partial charge in [0.05, 0.1) is 13.3 Å². The molecule has 0 saturated heterocycles. The van der Waals surface area contributed by atoms with Crippen LogP contribution < -0.4 is 10.3 Å². The molecule has 0 saturated carbocycles.